The van der Waals surface area contributed by atoms with Gasteiger partial charge in [0, 0.05) is 23.0 Å². The van der Waals surface area contributed by atoms with Crippen LogP contribution in [-0.4, -0.2) is 18.0 Å². The first kappa shape index (κ1) is 18.2. The molecule has 0 aromatic heterocycles. The van der Waals surface area contributed by atoms with E-state index in [1.54, 1.807) is 0 Å². The van der Waals surface area contributed by atoms with Gasteiger partial charge in [0.2, 0.25) is 5.91 Å². The maximum Gasteiger partial charge on any atom is 0.224 e. The molecule has 1 unspecified atom stereocenters. The Labute approximate surface area is 126 Å². The topological polar surface area (TPSA) is 55.1 Å². The second-order valence-corrected chi connectivity index (χ2v) is 5.69. The number of nitrogens with two attached hydrogens (primary N) is 1. The van der Waals surface area contributed by atoms with Crippen LogP contribution in [0.15, 0.2) is 24.3 Å². The quantitative estimate of drug-likeness (QED) is 0.879. The van der Waals surface area contributed by atoms with E-state index in [2.05, 4.69) is 5.32 Å². The van der Waals surface area contributed by atoms with Crippen LogP contribution < -0.4 is 11.1 Å². The monoisotopic (exact) mass is 304 g/mol. The number of hydrogen-bond donors (Lipinski definition) is 2. The van der Waals surface area contributed by atoms with Gasteiger partial charge in [0.15, 0.2) is 0 Å². The van der Waals surface area contributed by atoms with E-state index in [0.717, 1.165) is 10.6 Å². The minimum absolute atomic E-state index is 0. The lowest BCUT2D eigenvalue weighted by molar-refractivity contribution is -0.125. The summed E-state index contributed by atoms with van der Waals surface area (Å²) in [6.07, 6.45) is 0.690. The SMILES string of the molecule is CC(CN)C(=O)NC(C)(C)Cc1ccccc1Cl.Cl. The Kier molecular flexibility index (Phi) is 7.42. The Morgan fingerprint density at radius 1 is 1.42 bits per heavy atom. The first-order chi connectivity index (χ1) is 8.35. The minimum Gasteiger partial charge on any atom is -0.351 e. The summed E-state index contributed by atoms with van der Waals surface area (Å²) >= 11 is 6.12. The zero-order valence-corrected chi connectivity index (χ0v) is 13.1. The molecule has 1 rings (SSSR count). The van der Waals surface area contributed by atoms with Crippen molar-refractivity contribution in [1.29, 1.82) is 0 Å². The van der Waals surface area contributed by atoms with Crippen molar-refractivity contribution in [3.05, 3.63) is 34.9 Å². The first-order valence-electron chi connectivity index (χ1n) is 6.11. The number of nitrogens with one attached hydrogen (secondary N) is 1. The molecule has 0 radical (unpaired) electrons. The molecular weight excluding hydrogens is 283 g/mol. The number of halogens is 2. The Bertz CT molecular complexity index is 422. The average Bonchev–Trinajstić information content (AvgIpc) is 2.30. The minimum atomic E-state index is -0.342. The summed E-state index contributed by atoms with van der Waals surface area (Å²) in [6, 6.07) is 7.68. The zero-order valence-electron chi connectivity index (χ0n) is 11.6. The fourth-order valence-corrected chi connectivity index (χ4v) is 1.93. The lowest BCUT2D eigenvalue weighted by Gasteiger charge is -2.28. The molecule has 5 heteroatoms. The van der Waals surface area contributed by atoms with Crippen LogP contribution >= 0.6 is 24.0 Å². The van der Waals surface area contributed by atoms with Gasteiger partial charge in [-0.05, 0) is 31.9 Å². The van der Waals surface area contributed by atoms with E-state index in [9.17, 15) is 4.79 Å². The maximum absolute atomic E-state index is 11.8. The maximum atomic E-state index is 11.8. The van der Waals surface area contributed by atoms with Gasteiger partial charge in [-0.1, -0.05) is 36.7 Å². The van der Waals surface area contributed by atoms with Crippen LogP contribution in [0.25, 0.3) is 0 Å². The van der Waals surface area contributed by atoms with E-state index < -0.39 is 0 Å². The van der Waals surface area contributed by atoms with Crippen molar-refractivity contribution in [3.63, 3.8) is 0 Å². The molecule has 0 saturated heterocycles. The molecule has 0 bridgehead atoms. The van der Waals surface area contributed by atoms with Crippen LogP contribution in [0.5, 0.6) is 0 Å². The van der Waals surface area contributed by atoms with Crippen LogP contribution in [0.4, 0.5) is 0 Å². The summed E-state index contributed by atoms with van der Waals surface area (Å²) in [4.78, 5) is 11.8. The van der Waals surface area contributed by atoms with E-state index in [-0.39, 0.29) is 29.8 Å². The first-order valence-corrected chi connectivity index (χ1v) is 6.49. The van der Waals surface area contributed by atoms with Crippen molar-refractivity contribution in [2.45, 2.75) is 32.7 Å². The average molecular weight is 305 g/mol. The molecular formula is C14H22Cl2N2O. The van der Waals surface area contributed by atoms with Gasteiger partial charge in [0.1, 0.15) is 0 Å². The van der Waals surface area contributed by atoms with Gasteiger partial charge in [-0.25, -0.2) is 0 Å². The van der Waals surface area contributed by atoms with Crippen LogP contribution in [0.1, 0.15) is 26.3 Å². The molecule has 108 valence electrons. The third-order valence-electron chi connectivity index (χ3n) is 2.85. The lowest BCUT2D eigenvalue weighted by atomic mass is 9.94. The Morgan fingerprint density at radius 3 is 2.53 bits per heavy atom. The van der Waals surface area contributed by atoms with Crippen molar-refractivity contribution >= 4 is 29.9 Å². The predicted octanol–water partition coefficient (Wildman–Crippen LogP) is 2.79. The number of carbonyl (C=O) groups excluding carboxylic acids is 1. The molecule has 19 heavy (non-hydrogen) atoms. The van der Waals surface area contributed by atoms with Gasteiger partial charge in [-0.2, -0.15) is 0 Å². The molecule has 0 aliphatic carbocycles. The van der Waals surface area contributed by atoms with E-state index in [4.69, 9.17) is 17.3 Å². The molecule has 0 saturated carbocycles. The van der Waals surface area contributed by atoms with Crippen LogP contribution in [-0.2, 0) is 11.2 Å². The van der Waals surface area contributed by atoms with Crippen molar-refractivity contribution < 1.29 is 4.79 Å². The molecule has 1 aromatic rings. The largest absolute Gasteiger partial charge is 0.351 e. The highest BCUT2D eigenvalue weighted by atomic mass is 35.5. The summed E-state index contributed by atoms with van der Waals surface area (Å²) in [7, 11) is 0. The molecule has 1 aromatic carbocycles. The molecule has 3 nitrogen and oxygen atoms in total. The summed E-state index contributed by atoms with van der Waals surface area (Å²) in [6.45, 7) is 6.14. The Hall–Kier alpha value is -0.770. The number of benzene rings is 1. The highest BCUT2D eigenvalue weighted by molar-refractivity contribution is 6.31. The van der Waals surface area contributed by atoms with E-state index in [1.165, 1.54) is 0 Å². The van der Waals surface area contributed by atoms with Gasteiger partial charge in [0.05, 0.1) is 0 Å². The lowest BCUT2D eigenvalue weighted by Crippen LogP contribution is -2.48. The Balaban J connectivity index is 0.00000324. The number of hydrogen-bond acceptors (Lipinski definition) is 2. The number of carbonyl (C=O) groups is 1. The molecule has 1 amide bonds. The van der Waals surface area contributed by atoms with Crippen molar-refractivity contribution in [1.82, 2.24) is 5.32 Å². The summed E-state index contributed by atoms with van der Waals surface area (Å²) in [5.74, 6) is -0.190. The fraction of sp³-hybridized carbons (Fsp3) is 0.500. The van der Waals surface area contributed by atoms with Crippen molar-refractivity contribution in [3.8, 4) is 0 Å². The summed E-state index contributed by atoms with van der Waals surface area (Å²) in [5, 5.41) is 3.73. The van der Waals surface area contributed by atoms with Gasteiger partial charge < -0.3 is 11.1 Å². The predicted molar refractivity (Wildman–Crippen MR) is 82.8 cm³/mol. The van der Waals surface area contributed by atoms with Gasteiger partial charge in [-0.3, -0.25) is 4.79 Å². The third kappa shape index (κ3) is 5.81. The second kappa shape index (κ2) is 7.73. The molecule has 0 heterocycles. The molecule has 0 spiro atoms. The molecule has 0 fully saturated rings. The molecule has 0 aliphatic rings. The van der Waals surface area contributed by atoms with E-state index >= 15 is 0 Å². The van der Waals surface area contributed by atoms with Gasteiger partial charge in [-0.15, -0.1) is 12.4 Å². The summed E-state index contributed by atoms with van der Waals surface area (Å²) < 4.78 is 0. The van der Waals surface area contributed by atoms with E-state index in [0.29, 0.717) is 13.0 Å². The number of rotatable bonds is 5. The highest BCUT2D eigenvalue weighted by Gasteiger charge is 2.24. The molecule has 0 aliphatic heterocycles. The van der Waals surface area contributed by atoms with Crippen molar-refractivity contribution in [2.24, 2.45) is 11.7 Å². The second-order valence-electron chi connectivity index (χ2n) is 5.28. The highest BCUT2D eigenvalue weighted by Crippen LogP contribution is 2.21. The standard InChI is InChI=1S/C14H21ClN2O.ClH/c1-10(9-16)13(18)17-14(2,3)8-11-6-4-5-7-12(11)15;/h4-7,10H,8-9,16H2,1-3H3,(H,17,18);1H. The third-order valence-corrected chi connectivity index (χ3v) is 3.22. The van der Waals surface area contributed by atoms with Crippen molar-refractivity contribution in [2.75, 3.05) is 6.54 Å². The fourth-order valence-electron chi connectivity index (χ4n) is 1.73. The zero-order chi connectivity index (χ0) is 13.8. The smallest absolute Gasteiger partial charge is 0.224 e. The molecule has 1 atom stereocenters. The molecule has 3 N–H and O–H groups in total. The summed E-state index contributed by atoms with van der Waals surface area (Å²) in [5.41, 5.74) is 6.18. The van der Waals surface area contributed by atoms with Crippen LogP contribution in [0.3, 0.4) is 0 Å². The normalized spacial score (nSPS) is 12.5. The van der Waals surface area contributed by atoms with Gasteiger partial charge >= 0.3 is 0 Å². The van der Waals surface area contributed by atoms with Gasteiger partial charge in [0.25, 0.3) is 0 Å². The Morgan fingerprint density at radius 2 is 2.00 bits per heavy atom. The van der Waals surface area contributed by atoms with Crippen LogP contribution in [0, 0.1) is 5.92 Å². The number of amides is 1. The van der Waals surface area contributed by atoms with E-state index in [1.807, 2.05) is 45.0 Å². The van der Waals surface area contributed by atoms with Crippen LogP contribution in [0.2, 0.25) is 5.02 Å².